The molecular formula is C14H19BrFN3. The summed E-state index contributed by atoms with van der Waals surface area (Å²) in [5, 5.41) is 6.58. The molecule has 1 aromatic rings. The van der Waals surface area contributed by atoms with Crippen LogP contribution in [0.25, 0.3) is 0 Å². The van der Waals surface area contributed by atoms with Crippen molar-refractivity contribution in [3.63, 3.8) is 0 Å². The minimum absolute atomic E-state index is 0.249. The highest BCUT2D eigenvalue weighted by Gasteiger charge is 2.33. The van der Waals surface area contributed by atoms with Crippen LogP contribution in [0, 0.1) is 11.7 Å². The number of hydrogen-bond acceptors (Lipinski definition) is 1. The van der Waals surface area contributed by atoms with Crippen molar-refractivity contribution < 1.29 is 4.39 Å². The van der Waals surface area contributed by atoms with Gasteiger partial charge in [0.25, 0.3) is 0 Å². The van der Waals surface area contributed by atoms with E-state index in [9.17, 15) is 4.39 Å². The van der Waals surface area contributed by atoms with Crippen molar-refractivity contribution in [2.75, 3.05) is 6.54 Å². The minimum Gasteiger partial charge on any atom is -0.357 e. The third-order valence-corrected chi connectivity index (χ3v) is 3.82. The minimum atomic E-state index is -0.249. The Morgan fingerprint density at radius 2 is 2.26 bits per heavy atom. The average Bonchev–Trinajstić information content (AvgIpc) is 3.06. The van der Waals surface area contributed by atoms with Crippen molar-refractivity contribution in [2.45, 2.75) is 32.9 Å². The van der Waals surface area contributed by atoms with E-state index >= 15 is 0 Å². The number of rotatable bonds is 4. The van der Waals surface area contributed by atoms with Crippen LogP contribution < -0.4 is 10.6 Å². The van der Waals surface area contributed by atoms with Crippen LogP contribution in [-0.4, -0.2) is 18.5 Å². The Hall–Kier alpha value is -1.10. The molecule has 3 nitrogen and oxygen atoms in total. The van der Waals surface area contributed by atoms with Crippen molar-refractivity contribution in [2.24, 2.45) is 10.9 Å². The van der Waals surface area contributed by atoms with Crippen LogP contribution in [0.3, 0.4) is 0 Å². The van der Waals surface area contributed by atoms with Gasteiger partial charge < -0.3 is 10.6 Å². The molecule has 0 aliphatic heterocycles. The van der Waals surface area contributed by atoms with Crippen LogP contribution in [-0.2, 0) is 6.54 Å². The molecule has 1 fully saturated rings. The standard InChI is InChI=1S/C14H19BrFN3/c1-3-17-14(19-13-6-9(13)2)18-8-10-4-5-11(15)12(16)7-10/h4-5,7,9,13H,3,6,8H2,1-2H3,(H2,17,18,19). The van der Waals surface area contributed by atoms with E-state index in [1.54, 1.807) is 6.07 Å². The fourth-order valence-electron chi connectivity index (χ4n) is 1.83. The van der Waals surface area contributed by atoms with Gasteiger partial charge in [0, 0.05) is 12.6 Å². The Balaban J connectivity index is 1.98. The number of guanidine groups is 1. The lowest BCUT2D eigenvalue weighted by Gasteiger charge is -2.10. The van der Waals surface area contributed by atoms with Gasteiger partial charge in [-0.25, -0.2) is 9.38 Å². The summed E-state index contributed by atoms with van der Waals surface area (Å²) < 4.78 is 13.9. The van der Waals surface area contributed by atoms with Gasteiger partial charge in [-0.05, 0) is 52.9 Å². The topological polar surface area (TPSA) is 36.4 Å². The van der Waals surface area contributed by atoms with Crippen molar-refractivity contribution in [3.8, 4) is 0 Å². The summed E-state index contributed by atoms with van der Waals surface area (Å²) in [5.41, 5.74) is 0.863. The molecule has 1 saturated carbocycles. The monoisotopic (exact) mass is 327 g/mol. The number of nitrogens with zero attached hydrogens (tertiary/aromatic N) is 1. The molecule has 0 amide bonds. The van der Waals surface area contributed by atoms with Crippen molar-refractivity contribution in [1.29, 1.82) is 0 Å². The Bertz CT molecular complexity index is 476. The zero-order valence-corrected chi connectivity index (χ0v) is 12.8. The molecule has 1 aliphatic carbocycles. The molecule has 1 aromatic carbocycles. The maximum absolute atomic E-state index is 13.4. The summed E-state index contributed by atoms with van der Waals surface area (Å²) in [6, 6.07) is 5.62. The third-order valence-electron chi connectivity index (χ3n) is 3.18. The summed E-state index contributed by atoms with van der Waals surface area (Å²) in [6.07, 6.45) is 1.19. The Morgan fingerprint density at radius 1 is 1.53 bits per heavy atom. The molecule has 0 bridgehead atoms. The van der Waals surface area contributed by atoms with Crippen molar-refractivity contribution in [1.82, 2.24) is 10.6 Å². The molecule has 0 spiro atoms. The van der Waals surface area contributed by atoms with Gasteiger partial charge in [0.15, 0.2) is 5.96 Å². The third kappa shape index (κ3) is 4.20. The first-order chi connectivity index (χ1) is 9.10. The molecule has 5 heteroatoms. The second-order valence-corrected chi connectivity index (χ2v) is 5.76. The van der Waals surface area contributed by atoms with Crippen LogP contribution in [0.4, 0.5) is 4.39 Å². The lowest BCUT2D eigenvalue weighted by molar-refractivity contribution is 0.618. The van der Waals surface area contributed by atoms with E-state index < -0.39 is 0 Å². The van der Waals surface area contributed by atoms with Crippen LogP contribution in [0.1, 0.15) is 25.8 Å². The molecule has 19 heavy (non-hydrogen) atoms. The number of benzene rings is 1. The maximum Gasteiger partial charge on any atom is 0.191 e. The average molecular weight is 328 g/mol. The highest BCUT2D eigenvalue weighted by Crippen LogP contribution is 2.28. The fraction of sp³-hybridized carbons (Fsp3) is 0.500. The maximum atomic E-state index is 13.4. The zero-order chi connectivity index (χ0) is 13.8. The fourth-order valence-corrected chi connectivity index (χ4v) is 2.07. The van der Waals surface area contributed by atoms with E-state index in [0.29, 0.717) is 23.0 Å². The molecule has 0 saturated heterocycles. The molecule has 2 atom stereocenters. The van der Waals surface area contributed by atoms with Crippen LogP contribution >= 0.6 is 15.9 Å². The molecule has 0 aromatic heterocycles. The van der Waals surface area contributed by atoms with Crippen LogP contribution in [0.2, 0.25) is 0 Å². The van der Waals surface area contributed by atoms with E-state index in [1.165, 1.54) is 12.5 Å². The largest absolute Gasteiger partial charge is 0.357 e. The van der Waals surface area contributed by atoms with Gasteiger partial charge in [0.1, 0.15) is 5.82 Å². The Kier molecular flexibility index (Phi) is 4.80. The lowest BCUT2D eigenvalue weighted by Crippen LogP contribution is -2.39. The van der Waals surface area contributed by atoms with Gasteiger partial charge in [-0.15, -0.1) is 0 Å². The number of nitrogens with one attached hydrogen (secondary N) is 2. The van der Waals surface area contributed by atoms with E-state index in [4.69, 9.17) is 0 Å². The molecular weight excluding hydrogens is 309 g/mol. The normalized spacial score (nSPS) is 22.2. The van der Waals surface area contributed by atoms with Gasteiger partial charge in [0.2, 0.25) is 0 Å². The molecule has 104 valence electrons. The van der Waals surface area contributed by atoms with Crippen LogP contribution in [0.5, 0.6) is 0 Å². The van der Waals surface area contributed by atoms with E-state index in [2.05, 4.69) is 38.5 Å². The predicted molar refractivity (Wildman–Crippen MR) is 79.6 cm³/mol. The second-order valence-electron chi connectivity index (χ2n) is 4.91. The Morgan fingerprint density at radius 3 is 2.84 bits per heavy atom. The zero-order valence-electron chi connectivity index (χ0n) is 11.2. The first-order valence-electron chi connectivity index (χ1n) is 6.59. The summed E-state index contributed by atoms with van der Waals surface area (Å²) in [7, 11) is 0. The number of aliphatic imine (C=N–C) groups is 1. The SMILES string of the molecule is CCNC(=NCc1ccc(Br)c(F)c1)NC1CC1C. The lowest BCUT2D eigenvalue weighted by atomic mass is 10.2. The van der Waals surface area contributed by atoms with Crippen LogP contribution in [0.15, 0.2) is 27.7 Å². The summed E-state index contributed by atoms with van der Waals surface area (Å²) in [4.78, 5) is 4.48. The highest BCUT2D eigenvalue weighted by molar-refractivity contribution is 9.10. The molecule has 1 aliphatic rings. The smallest absolute Gasteiger partial charge is 0.191 e. The number of hydrogen-bond donors (Lipinski definition) is 2. The Labute approximate surface area is 121 Å². The van der Waals surface area contributed by atoms with Gasteiger partial charge in [0.05, 0.1) is 11.0 Å². The van der Waals surface area contributed by atoms with Gasteiger partial charge >= 0.3 is 0 Å². The van der Waals surface area contributed by atoms with E-state index in [-0.39, 0.29) is 5.82 Å². The van der Waals surface area contributed by atoms with E-state index in [0.717, 1.165) is 18.1 Å². The van der Waals surface area contributed by atoms with Gasteiger partial charge in [-0.2, -0.15) is 0 Å². The highest BCUT2D eigenvalue weighted by atomic mass is 79.9. The van der Waals surface area contributed by atoms with Crippen molar-refractivity contribution in [3.05, 3.63) is 34.1 Å². The van der Waals surface area contributed by atoms with Crippen molar-refractivity contribution >= 4 is 21.9 Å². The first-order valence-corrected chi connectivity index (χ1v) is 7.38. The molecule has 2 N–H and O–H groups in total. The summed E-state index contributed by atoms with van der Waals surface area (Å²) >= 11 is 3.15. The molecule has 0 radical (unpaired) electrons. The summed E-state index contributed by atoms with van der Waals surface area (Å²) in [6.45, 7) is 5.54. The predicted octanol–water partition coefficient (Wildman–Crippen LogP) is 3.05. The van der Waals surface area contributed by atoms with E-state index in [1.807, 2.05) is 13.0 Å². The van der Waals surface area contributed by atoms with Gasteiger partial charge in [-0.1, -0.05) is 13.0 Å². The molecule has 2 rings (SSSR count). The first kappa shape index (κ1) is 14.3. The summed E-state index contributed by atoms with van der Waals surface area (Å²) in [5.74, 6) is 1.27. The van der Waals surface area contributed by atoms with Gasteiger partial charge in [-0.3, -0.25) is 0 Å². The quantitative estimate of drug-likeness (QED) is 0.658. The number of halogens is 2. The molecule has 0 heterocycles. The second kappa shape index (κ2) is 6.37. The molecule has 2 unspecified atom stereocenters.